The van der Waals surface area contributed by atoms with E-state index in [0.717, 1.165) is 41.3 Å². The van der Waals surface area contributed by atoms with Crippen molar-refractivity contribution in [3.8, 4) is 5.75 Å². The average molecular weight is 695 g/mol. The number of ether oxygens (including phenoxy) is 2. The quantitative estimate of drug-likeness (QED) is 0.183. The number of aliphatic hydroxyl groups excluding tert-OH is 1. The molecule has 4 atom stereocenters. The van der Waals surface area contributed by atoms with E-state index < -0.39 is 12.1 Å². The summed E-state index contributed by atoms with van der Waals surface area (Å²) in [6, 6.07) is 27.5. The molecule has 0 saturated heterocycles. The Morgan fingerprint density at radius 3 is 2.49 bits per heavy atom. The van der Waals surface area contributed by atoms with Crippen molar-refractivity contribution in [3.63, 3.8) is 0 Å². The molecule has 0 radical (unpaired) electrons. The Morgan fingerprint density at radius 2 is 1.71 bits per heavy atom. The number of carbonyl (C=O) groups is 3. The zero-order valence-electron chi connectivity index (χ0n) is 30.0. The van der Waals surface area contributed by atoms with Crippen LogP contribution in [0, 0.1) is 5.92 Å². The number of rotatable bonds is 8. The number of amides is 4. The fourth-order valence-electron chi connectivity index (χ4n) is 6.35. The van der Waals surface area contributed by atoms with Crippen molar-refractivity contribution in [2.75, 3.05) is 44.0 Å². The number of likely N-dealkylation sites (N-methyl/N-ethyl adjacent to an activating group) is 1. The van der Waals surface area contributed by atoms with Gasteiger partial charge in [-0.3, -0.25) is 9.59 Å². The molecule has 0 spiro atoms. The van der Waals surface area contributed by atoms with Crippen molar-refractivity contribution in [2.24, 2.45) is 5.92 Å². The van der Waals surface area contributed by atoms with Crippen LogP contribution in [0.15, 0.2) is 91.0 Å². The molecule has 4 aromatic rings. The molecule has 4 aromatic carbocycles. The zero-order valence-corrected chi connectivity index (χ0v) is 30.0. The standard InChI is InChI=1S/C41H50N4O6/c1-28-25-45(29(2)27-46)40(48)35-24-33(42-39(47)23-31-14-6-5-7-15-31)20-21-37(35)51-30(3)13-10-11-22-50-38(28)26-44(4)41(49)43-36-19-12-17-32-16-8-9-18-34(32)36/h5-9,12,14-21,24,28-30,38,46H,10-11,13,22-23,25-27H2,1-4H3,(H,42,47)(H,43,49)/t28-,29-,30-,38+/m0/s1. The SMILES string of the molecule is C[C@H]1CCCCO[C@H](CN(C)C(=O)Nc2cccc3ccccc23)[C@@H](C)CN([C@@H](C)CO)C(=O)c2cc(NC(=O)Cc3ccccc3)ccc2O1. The van der Waals surface area contributed by atoms with Gasteiger partial charge in [-0.05, 0) is 68.3 Å². The summed E-state index contributed by atoms with van der Waals surface area (Å²) in [5, 5.41) is 18.3. The number of benzene rings is 4. The molecular formula is C41H50N4O6. The second-order valence-electron chi connectivity index (χ2n) is 13.6. The minimum atomic E-state index is -0.525. The van der Waals surface area contributed by atoms with E-state index in [4.69, 9.17) is 9.47 Å². The zero-order chi connectivity index (χ0) is 36.3. The molecular weight excluding hydrogens is 644 g/mol. The van der Waals surface area contributed by atoms with Crippen LogP contribution in [0.25, 0.3) is 10.8 Å². The topological polar surface area (TPSA) is 120 Å². The van der Waals surface area contributed by atoms with Crippen LogP contribution < -0.4 is 15.4 Å². The van der Waals surface area contributed by atoms with Crippen molar-refractivity contribution in [1.29, 1.82) is 0 Å². The van der Waals surface area contributed by atoms with Crippen LogP contribution in [-0.4, -0.2) is 84.4 Å². The van der Waals surface area contributed by atoms with Crippen LogP contribution in [0.1, 0.15) is 56.0 Å². The Balaban J connectivity index is 1.37. The first-order valence-electron chi connectivity index (χ1n) is 17.8. The molecule has 0 fully saturated rings. The van der Waals surface area contributed by atoms with Crippen LogP contribution >= 0.6 is 0 Å². The minimum Gasteiger partial charge on any atom is -0.490 e. The summed E-state index contributed by atoms with van der Waals surface area (Å²) in [5.41, 5.74) is 2.38. The monoisotopic (exact) mass is 694 g/mol. The van der Waals surface area contributed by atoms with Crippen molar-refractivity contribution in [2.45, 2.75) is 64.7 Å². The summed E-state index contributed by atoms with van der Waals surface area (Å²) >= 11 is 0. The average Bonchev–Trinajstić information content (AvgIpc) is 3.13. The number of aliphatic hydroxyl groups is 1. The molecule has 10 nitrogen and oxygen atoms in total. The Morgan fingerprint density at radius 1 is 0.961 bits per heavy atom. The number of carbonyl (C=O) groups excluding carboxylic acids is 3. The molecule has 3 N–H and O–H groups in total. The van der Waals surface area contributed by atoms with Gasteiger partial charge in [0.2, 0.25) is 5.91 Å². The largest absolute Gasteiger partial charge is 0.490 e. The first kappa shape index (κ1) is 37.3. The lowest BCUT2D eigenvalue weighted by molar-refractivity contribution is -0.115. The fourth-order valence-corrected chi connectivity index (χ4v) is 6.35. The van der Waals surface area contributed by atoms with Crippen LogP contribution in [0.4, 0.5) is 16.2 Å². The number of hydrogen-bond donors (Lipinski definition) is 3. The number of urea groups is 1. The Kier molecular flexibility index (Phi) is 13.0. The molecule has 0 aliphatic carbocycles. The molecule has 0 bridgehead atoms. The van der Waals surface area contributed by atoms with Gasteiger partial charge in [-0.15, -0.1) is 0 Å². The van der Waals surface area contributed by atoms with Crippen molar-refractivity contribution in [1.82, 2.24) is 9.80 Å². The molecule has 270 valence electrons. The lowest BCUT2D eigenvalue weighted by Gasteiger charge is -2.35. The van der Waals surface area contributed by atoms with E-state index in [2.05, 4.69) is 10.6 Å². The molecule has 0 saturated carbocycles. The predicted molar refractivity (Wildman–Crippen MR) is 201 cm³/mol. The summed E-state index contributed by atoms with van der Waals surface area (Å²) in [5.74, 6) is -0.323. The lowest BCUT2D eigenvalue weighted by atomic mass is 10.0. The van der Waals surface area contributed by atoms with E-state index in [0.29, 0.717) is 30.2 Å². The second-order valence-corrected chi connectivity index (χ2v) is 13.6. The first-order valence-corrected chi connectivity index (χ1v) is 17.8. The molecule has 10 heteroatoms. The van der Waals surface area contributed by atoms with Gasteiger partial charge in [-0.25, -0.2) is 4.79 Å². The maximum Gasteiger partial charge on any atom is 0.321 e. The van der Waals surface area contributed by atoms with E-state index in [1.54, 1.807) is 42.0 Å². The molecule has 1 aliphatic heterocycles. The molecule has 51 heavy (non-hydrogen) atoms. The number of hydrogen-bond acceptors (Lipinski definition) is 6. The lowest BCUT2D eigenvalue weighted by Crippen LogP contribution is -2.48. The Labute approximate surface area is 300 Å². The molecule has 0 aromatic heterocycles. The van der Waals surface area contributed by atoms with Crippen LogP contribution in [0.2, 0.25) is 0 Å². The highest BCUT2D eigenvalue weighted by molar-refractivity contribution is 6.02. The van der Waals surface area contributed by atoms with Crippen molar-refractivity contribution < 1.29 is 29.0 Å². The minimum absolute atomic E-state index is 0.180. The number of anilines is 2. The summed E-state index contributed by atoms with van der Waals surface area (Å²) in [6.07, 6.45) is 2.02. The molecule has 5 rings (SSSR count). The van der Waals surface area contributed by atoms with Crippen LogP contribution in [-0.2, 0) is 16.0 Å². The van der Waals surface area contributed by atoms with Gasteiger partial charge in [-0.2, -0.15) is 0 Å². The Hall–Kier alpha value is -4.93. The van der Waals surface area contributed by atoms with Crippen molar-refractivity contribution >= 4 is 40.0 Å². The fraction of sp³-hybridized carbons (Fsp3) is 0.390. The van der Waals surface area contributed by atoms with E-state index in [1.165, 1.54) is 0 Å². The molecule has 1 heterocycles. The Bertz CT molecular complexity index is 1780. The van der Waals surface area contributed by atoms with Crippen LogP contribution in [0.5, 0.6) is 5.75 Å². The number of nitrogens with zero attached hydrogens (tertiary/aromatic N) is 2. The highest BCUT2D eigenvalue weighted by atomic mass is 16.5. The second kappa shape index (κ2) is 17.8. The molecule has 0 unspecified atom stereocenters. The van der Waals surface area contributed by atoms with Gasteiger partial charge in [0.15, 0.2) is 0 Å². The van der Waals surface area contributed by atoms with E-state index in [1.807, 2.05) is 86.6 Å². The van der Waals surface area contributed by atoms with Gasteiger partial charge in [-0.1, -0.05) is 73.7 Å². The third kappa shape index (κ3) is 10.1. The van der Waals surface area contributed by atoms with Crippen molar-refractivity contribution in [3.05, 3.63) is 102 Å². The maximum absolute atomic E-state index is 14.4. The molecule has 1 aliphatic rings. The maximum atomic E-state index is 14.4. The smallest absolute Gasteiger partial charge is 0.321 e. The van der Waals surface area contributed by atoms with Gasteiger partial charge >= 0.3 is 6.03 Å². The highest BCUT2D eigenvalue weighted by Crippen LogP contribution is 2.29. The van der Waals surface area contributed by atoms with Gasteiger partial charge in [0.1, 0.15) is 5.75 Å². The summed E-state index contributed by atoms with van der Waals surface area (Å²) in [4.78, 5) is 44.1. The third-order valence-corrected chi connectivity index (χ3v) is 9.37. The van der Waals surface area contributed by atoms with Gasteiger partial charge < -0.3 is 35.0 Å². The van der Waals surface area contributed by atoms with Gasteiger partial charge in [0.25, 0.3) is 5.91 Å². The number of nitrogens with one attached hydrogen (secondary N) is 2. The third-order valence-electron chi connectivity index (χ3n) is 9.37. The van der Waals surface area contributed by atoms with Gasteiger partial charge in [0, 0.05) is 43.7 Å². The normalized spacial score (nSPS) is 19.3. The summed E-state index contributed by atoms with van der Waals surface area (Å²) < 4.78 is 12.8. The molecule has 4 amide bonds. The van der Waals surface area contributed by atoms with E-state index in [-0.39, 0.29) is 49.4 Å². The summed E-state index contributed by atoms with van der Waals surface area (Å²) in [6.45, 7) is 6.55. The predicted octanol–water partition coefficient (Wildman–Crippen LogP) is 6.98. The van der Waals surface area contributed by atoms with Crippen LogP contribution in [0.3, 0.4) is 0 Å². The van der Waals surface area contributed by atoms with E-state index >= 15 is 0 Å². The van der Waals surface area contributed by atoms with E-state index in [9.17, 15) is 19.5 Å². The summed E-state index contributed by atoms with van der Waals surface area (Å²) in [7, 11) is 1.74. The number of fused-ring (bicyclic) bond motifs is 2. The highest BCUT2D eigenvalue weighted by Gasteiger charge is 2.31. The first-order chi connectivity index (χ1) is 24.6. The van der Waals surface area contributed by atoms with Gasteiger partial charge in [0.05, 0.1) is 42.5 Å².